The molecule has 0 radical (unpaired) electrons. The van der Waals surface area contributed by atoms with Gasteiger partial charge in [-0.3, -0.25) is 14.9 Å². The Morgan fingerprint density at radius 3 is 2.52 bits per heavy atom. The summed E-state index contributed by atoms with van der Waals surface area (Å²) in [5.74, 6) is -0.484. The number of carbonyl (C=O) groups is 2. The second-order valence-electron chi connectivity index (χ2n) is 8.51. The Morgan fingerprint density at radius 1 is 1.10 bits per heavy atom. The first-order valence-electron chi connectivity index (χ1n) is 10.1. The molecule has 0 atom stereocenters. The molecule has 2 heterocycles. The maximum atomic E-state index is 13.1. The molecule has 1 aromatic heterocycles. The summed E-state index contributed by atoms with van der Waals surface area (Å²) < 4.78 is 15.1. The Kier molecular flexibility index (Phi) is 5.31. The molecular formula is C23H24FN5O2. The second kappa shape index (κ2) is 7.94. The Bertz CT molecular complexity index is 1170. The van der Waals surface area contributed by atoms with Gasteiger partial charge in [0.1, 0.15) is 11.5 Å². The fraction of sp³-hybridized carbons (Fsp3) is 0.304. The lowest BCUT2D eigenvalue weighted by Crippen LogP contribution is -2.36. The minimum atomic E-state index is -0.391. The zero-order valence-electron chi connectivity index (χ0n) is 17.7. The highest BCUT2D eigenvalue weighted by molar-refractivity contribution is 6.43. The van der Waals surface area contributed by atoms with Crippen LogP contribution in [0.15, 0.2) is 53.6 Å². The van der Waals surface area contributed by atoms with E-state index in [4.69, 9.17) is 0 Å². The van der Waals surface area contributed by atoms with Gasteiger partial charge in [0, 0.05) is 18.4 Å². The van der Waals surface area contributed by atoms with Crippen molar-refractivity contribution in [2.24, 2.45) is 5.10 Å². The summed E-state index contributed by atoms with van der Waals surface area (Å²) >= 11 is 0. The van der Waals surface area contributed by atoms with E-state index >= 15 is 0 Å². The number of amides is 2. The average molecular weight is 421 g/mol. The van der Waals surface area contributed by atoms with Crippen LogP contribution < -0.4 is 5.32 Å². The minimum absolute atomic E-state index is 0.177. The monoisotopic (exact) mass is 421 g/mol. The van der Waals surface area contributed by atoms with Crippen molar-refractivity contribution in [2.75, 3.05) is 5.32 Å². The lowest BCUT2D eigenvalue weighted by molar-refractivity contribution is -0.132. The average Bonchev–Trinajstić information content (AvgIpc) is 3.09. The van der Waals surface area contributed by atoms with Gasteiger partial charge in [0.05, 0.1) is 17.6 Å². The van der Waals surface area contributed by atoms with Crippen molar-refractivity contribution in [2.45, 2.75) is 45.7 Å². The van der Waals surface area contributed by atoms with Gasteiger partial charge in [0.2, 0.25) is 11.9 Å². The van der Waals surface area contributed by atoms with Gasteiger partial charge in [-0.05, 0) is 50.6 Å². The SMILES string of the molecule is CC(C)(C)n1c(NC(=O)C2=NN(Cc3ccc(F)cc3)C(=O)CC2)nc2ccccc21. The van der Waals surface area contributed by atoms with Gasteiger partial charge in [0.25, 0.3) is 5.91 Å². The van der Waals surface area contributed by atoms with Crippen LogP contribution >= 0.6 is 0 Å². The molecule has 2 aromatic carbocycles. The molecule has 4 rings (SSSR count). The lowest BCUT2D eigenvalue weighted by atomic mass is 10.1. The molecular weight excluding hydrogens is 397 g/mol. The van der Waals surface area contributed by atoms with E-state index in [1.54, 1.807) is 12.1 Å². The van der Waals surface area contributed by atoms with Crippen LogP contribution in [-0.4, -0.2) is 32.1 Å². The number of rotatable bonds is 4. The predicted octanol–water partition coefficient (Wildman–Crippen LogP) is 4.05. The number of benzene rings is 2. The Labute approximate surface area is 179 Å². The molecule has 7 nitrogen and oxygen atoms in total. The van der Waals surface area contributed by atoms with Crippen molar-refractivity contribution in [3.05, 3.63) is 59.9 Å². The summed E-state index contributed by atoms with van der Waals surface area (Å²) in [5, 5.41) is 8.42. The largest absolute Gasteiger partial charge is 0.305 e. The number of hydrogen-bond donors (Lipinski definition) is 1. The van der Waals surface area contributed by atoms with E-state index in [2.05, 4.69) is 15.4 Å². The minimum Gasteiger partial charge on any atom is -0.305 e. The number of imidazole rings is 1. The third kappa shape index (κ3) is 4.33. The molecule has 8 heteroatoms. The van der Waals surface area contributed by atoms with Gasteiger partial charge in [0.15, 0.2) is 0 Å². The number of hydrazone groups is 1. The van der Waals surface area contributed by atoms with Crippen molar-refractivity contribution in [1.82, 2.24) is 14.6 Å². The fourth-order valence-corrected chi connectivity index (χ4v) is 3.61. The number of para-hydroxylation sites is 2. The number of fused-ring (bicyclic) bond motifs is 1. The molecule has 160 valence electrons. The molecule has 0 bridgehead atoms. The van der Waals surface area contributed by atoms with E-state index in [0.717, 1.165) is 16.6 Å². The molecule has 31 heavy (non-hydrogen) atoms. The second-order valence-corrected chi connectivity index (χ2v) is 8.51. The quantitative estimate of drug-likeness (QED) is 0.690. The van der Waals surface area contributed by atoms with Gasteiger partial charge in [-0.1, -0.05) is 24.3 Å². The Morgan fingerprint density at radius 2 is 1.81 bits per heavy atom. The van der Waals surface area contributed by atoms with Crippen LogP contribution in [0, 0.1) is 5.82 Å². The number of anilines is 1. The van der Waals surface area contributed by atoms with Crippen LogP contribution in [0.2, 0.25) is 0 Å². The highest BCUT2D eigenvalue weighted by Crippen LogP contribution is 2.28. The predicted molar refractivity (Wildman–Crippen MR) is 117 cm³/mol. The molecule has 0 saturated heterocycles. The Hall–Kier alpha value is -3.55. The zero-order valence-corrected chi connectivity index (χ0v) is 17.7. The Balaban J connectivity index is 1.59. The van der Waals surface area contributed by atoms with Crippen molar-refractivity contribution in [3.63, 3.8) is 0 Å². The van der Waals surface area contributed by atoms with Crippen LogP contribution in [0.4, 0.5) is 10.3 Å². The summed E-state index contributed by atoms with van der Waals surface area (Å²) in [6, 6.07) is 13.5. The smallest absolute Gasteiger partial charge is 0.274 e. The summed E-state index contributed by atoms with van der Waals surface area (Å²) in [6.07, 6.45) is 0.434. The van der Waals surface area contributed by atoms with Crippen molar-refractivity contribution in [3.8, 4) is 0 Å². The number of hydrogen-bond acceptors (Lipinski definition) is 4. The third-order valence-electron chi connectivity index (χ3n) is 5.07. The van der Waals surface area contributed by atoms with Crippen LogP contribution in [0.5, 0.6) is 0 Å². The molecule has 1 aliphatic heterocycles. The van der Waals surface area contributed by atoms with Gasteiger partial charge >= 0.3 is 0 Å². The first-order valence-corrected chi connectivity index (χ1v) is 10.1. The van der Waals surface area contributed by atoms with E-state index in [9.17, 15) is 14.0 Å². The number of halogens is 1. The number of nitrogens with one attached hydrogen (secondary N) is 1. The first kappa shape index (κ1) is 20.7. The number of aromatic nitrogens is 2. The van der Waals surface area contributed by atoms with E-state index < -0.39 is 5.91 Å². The van der Waals surface area contributed by atoms with Gasteiger partial charge in [-0.2, -0.15) is 5.10 Å². The lowest BCUT2D eigenvalue weighted by Gasteiger charge is -2.25. The maximum absolute atomic E-state index is 13.1. The summed E-state index contributed by atoms with van der Waals surface area (Å²) in [5.41, 5.74) is 2.39. The van der Waals surface area contributed by atoms with Gasteiger partial charge < -0.3 is 4.57 Å². The molecule has 0 saturated carbocycles. The summed E-state index contributed by atoms with van der Waals surface area (Å²) in [7, 11) is 0. The van der Waals surface area contributed by atoms with Crippen molar-refractivity contribution in [1.29, 1.82) is 0 Å². The maximum Gasteiger partial charge on any atom is 0.274 e. The van der Waals surface area contributed by atoms with E-state index in [1.807, 2.05) is 49.6 Å². The van der Waals surface area contributed by atoms with Gasteiger partial charge in [-0.25, -0.2) is 14.4 Å². The molecule has 0 aliphatic carbocycles. The molecule has 0 fully saturated rings. The van der Waals surface area contributed by atoms with E-state index in [-0.39, 0.29) is 42.4 Å². The highest BCUT2D eigenvalue weighted by Gasteiger charge is 2.27. The summed E-state index contributed by atoms with van der Waals surface area (Å²) in [6.45, 7) is 6.30. The van der Waals surface area contributed by atoms with Crippen molar-refractivity contribution >= 4 is 34.5 Å². The molecule has 0 unspecified atom stereocenters. The third-order valence-corrected chi connectivity index (χ3v) is 5.07. The van der Waals surface area contributed by atoms with Gasteiger partial charge in [-0.15, -0.1) is 0 Å². The molecule has 3 aromatic rings. The molecule has 2 amide bonds. The summed E-state index contributed by atoms with van der Waals surface area (Å²) in [4.78, 5) is 29.9. The van der Waals surface area contributed by atoms with Crippen LogP contribution in [0.25, 0.3) is 11.0 Å². The van der Waals surface area contributed by atoms with Crippen molar-refractivity contribution < 1.29 is 14.0 Å². The topological polar surface area (TPSA) is 79.6 Å². The molecule has 1 N–H and O–H groups in total. The van der Waals surface area contributed by atoms with E-state index in [1.165, 1.54) is 17.1 Å². The molecule has 0 spiro atoms. The first-order chi connectivity index (χ1) is 14.7. The van der Waals surface area contributed by atoms with Crippen LogP contribution in [0.1, 0.15) is 39.2 Å². The zero-order chi connectivity index (χ0) is 22.2. The molecule has 1 aliphatic rings. The highest BCUT2D eigenvalue weighted by atomic mass is 19.1. The van der Waals surface area contributed by atoms with Crippen LogP contribution in [-0.2, 0) is 21.7 Å². The standard InChI is InChI=1S/C23H24FN5O2/c1-23(2,3)29-19-7-5-4-6-17(19)25-22(29)26-21(31)18-12-13-20(30)28(27-18)14-15-8-10-16(24)11-9-15/h4-11H,12-14H2,1-3H3,(H,25,26,31). The number of nitrogens with zero attached hydrogens (tertiary/aromatic N) is 4. The normalized spacial score (nSPS) is 14.6. The number of carbonyl (C=O) groups excluding carboxylic acids is 2. The fourth-order valence-electron chi connectivity index (χ4n) is 3.61. The van der Waals surface area contributed by atoms with Crippen LogP contribution in [0.3, 0.4) is 0 Å². The van der Waals surface area contributed by atoms with E-state index in [0.29, 0.717) is 5.95 Å².